The number of amides is 2. The Bertz CT molecular complexity index is 562. The molecule has 2 amide bonds. The first-order valence-electron chi connectivity index (χ1n) is 6.46. The summed E-state index contributed by atoms with van der Waals surface area (Å²) in [5, 5.41) is 0. The molecule has 0 aliphatic carbocycles. The molecule has 0 fully saturated rings. The molecule has 0 spiro atoms. The van der Waals surface area contributed by atoms with Gasteiger partial charge in [0.1, 0.15) is 5.75 Å². The van der Waals surface area contributed by atoms with E-state index in [1.54, 1.807) is 6.07 Å². The topological polar surface area (TPSA) is 93.7 Å². The molecule has 0 heterocycles. The van der Waals surface area contributed by atoms with Crippen molar-refractivity contribution in [1.82, 2.24) is 10.9 Å². The van der Waals surface area contributed by atoms with Crippen molar-refractivity contribution in [3.8, 4) is 5.75 Å². The zero-order valence-corrected chi connectivity index (χ0v) is 13.9. The van der Waals surface area contributed by atoms with Crippen LogP contribution in [-0.4, -0.2) is 31.5 Å². The van der Waals surface area contributed by atoms with Crippen LogP contribution in [0.1, 0.15) is 18.4 Å². The Kier molecular flexibility index (Phi) is 7.38. The maximum atomic E-state index is 11.5. The molecule has 0 unspecified atom stereocenters. The van der Waals surface area contributed by atoms with Crippen molar-refractivity contribution in [3.05, 3.63) is 28.2 Å². The van der Waals surface area contributed by atoms with E-state index in [0.717, 1.165) is 10.0 Å². The highest BCUT2D eigenvalue weighted by Gasteiger charge is 2.09. The lowest BCUT2D eigenvalue weighted by atomic mass is 10.2. The van der Waals surface area contributed by atoms with E-state index in [1.165, 1.54) is 7.11 Å². The van der Waals surface area contributed by atoms with E-state index in [4.69, 9.17) is 4.74 Å². The van der Waals surface area contributed by atoms with Gasteiger partial charge in [0.05, 0.1) is 18.0 Å². The van der Waals surface area contributed by atoms with Gasteiger partial charge in [0.2, 0.25) is 5.91 Å². The van der Waals surface area contributed by atoms with Crippen molar-refractivity contribution in [3.63, 3.8) is 0 Å². The molecule has 0 bridgehead atoms. The minimum atomic E-state index is -0.515. The summed E-state index contributed by atoms with van der Waals surface area (Å²) in [6.07, 6.45) is -0.123. The summed E-state index contributed by atoms with van der Waals surface area (Å²) >= 11 is 3.33. The summed E-state index contributed by atoms with van der Waals surface area (Å²) in [7, 11) is 1.24. The van der Waals surface area contributed by atoms with Crippen LogP contribution in [0.5, 0.6) is 5.75 Å². The Balaban J connectivity index is 2.28. The Morgan fingerprint density at radius 1 is 1.14 bits per heavy atom. The summed E-state index contributed by atoms with van der Waals surface area (Å²) in [6.45, 7) is 1.68. The molecule has 2 N–H and O–H groups in total. The van der Waals surface area contributed by atoms with Gasteiger partial charge in [-0.1, -0.05) is 6.07 Å². The highest BCUT2D eigenvalue weighted by atomic mass is 79.9. The van der Waals surface area contributed by atoms with Gasteiger partial charge in [-0.15, -0.1) is 0 Å². The van der Waals surface area contributed by atoms with Crippen LogP contribution in [-0.2, 0) is 19.1 Å². The minimum absolute atomic E-state index is 0.0506. The number of hydrazine groups is 1. The lowest BCUT2D eigenvalue weighted by Crippen LogP contribution is -2.43. The molecular formula is C14H17BrN2O5. The van der Waals surface area contributed by atoms with Crippen LogP contribution in [0.15, 0.2) is 22.7 Å². The summed E-state index contributed by atoms with van der Waals surface area (Å²) < 4.78 is 10.5. The van der Waals surface area contributed by atoms with Gasteiger partial charge in [0.25, 0.3) is 5.91 Å². The third-order valence-corrected chi connectivity index (χ3v) is 3.19. The molecular weight excluding hydrogens is 356 g/mol. The molecule has 0 radical (unpaired) electrons. The van der Waals surface area contributed by atoms with Crippen molar-refractivity contribution < 1.29 is 23.9 Å². The number of aryl methyl sites for hydroxylation is 1. The fourth-order valence-electron chi connectivity index (χ4n) is 1.42. The van der Waals surface area contributed by atoms with Gasteiger partial charge in [-0.25, -0.2) is 0 Å². The molecule has 1 aromatic rings. The SMILES string of the molecule is COC(=O)CCC(=O)NNC(=O)COc1ccc(C)cc1Br. The highest BCUT2D eigenvalue weighted by molar-refractivity contribution is 9.10. The zero-order chi connectivity index (χ0) is 16.5. The van der Waals surface area contributed by atoms with Gasteiger partial charge in [-0.05, 0) is 40.5 Å². The van der Waals surface area contributed by atoms with Crippen LogP contribution in [0.4, 0.5) is 0 Å². The predicted molar refractivity (Wildman–Crippen MR) is 81.9 cm³/mol. The maximum Gasteiger partial charge on any atom is 0.306 e. The minimum Gasteiger partial charge on any atom is -0.483 e. The normalized spacial score (nSPS) is 9.77. The second kappa shape index (κ2) is 9.04. The van der Waals surface area contributed by atoms with Crippen LogP contribution in [0, 0.1) is 6.92 Å². The van der Waals surface area contributed by atoms with Crippen molar-refractivity contribution in [1.29, 1.82) is 0 Å². The van der Waals surface area contributed by atoms with E-state index in [-0.39, 0.29) is 19.4 Å². The van der Waals surface area contributed by atoms with Crippen LogP contribution >= 0.6 is 15.9 Å². The number of rotatable bonds is 6. The van der Waals surface area contributed by atoms with Gasteiger partial charge in [0, 0.05) is 6.42 Å². The first kappa shape index (κ1) is 18.0. The Labute approximate surface area is 136 Å². The number of carbonyl (C=O) groups excluding carboxylic acids is 3. The number of methoxy groups -OCH3 is 1. The van der Waals surface area contributed by atoms with Gasteiger partial charge >= 0.3 is 5.97 Å². The van der Waals surface area contributed by atoms with E-state index in [9.17, 15) is 14.4 Å². The second-order valence-electron chi connectivity index (χ2n) is 4.40. The van der Waals surface area contributed by atoms with E-state index in [1.807, 2.05) is 19.1 Å². The summed E-state index contributed by atoms with van der Waals surface area (Å²) in [6, 6.07) is 5.45. The maximum absolute atomic E-state index is 11.5. The standard InChI is InChI=1S/C14H17BrN2O5/c1-9-3-4-11(10(15)7-9)22-8-13(19)17-16-12(18)5-6-14(20)21-2/h3-4,7H,5-6,8H2,1-2H3,(H,16,18)(H,17,19). The second-order valence-corrected chi connectivity index (χ2v) is 5.25. The first-order chi connectivity index (χ1) is 10.4. The number of carbonyl (C=O) groups is 3. The summed E-state index contributed by atoms with van der Waals surface area (Å²) in [5.74, 6) is -0.971. The van der Waals surface area contributed by atoms with Gasteiger partial charge in [0.15, 0.2) is 6.61 Å². The molecule has 8 heteroatoms. The van der Waals surface area contributed by atoms with Crippen LogP contribution < -0.4 is 15.6 Å². The molecule has 0 saturated heterocycles. The number of benzene rings is 1. The summed E-state index contributed by atoms with van der Waals surface area (Å²) in [5.41, 5.74) is 5.44. The number of esters is 1. The molecule has 1 rings (SSSR count). The zero-order valence-electron chi connectivity index (χ0n) is 12.3. The predicted octanol–water partition coefficient (Wildman–Crippen LogP) is 1.24. The molecule has 0 atom stereocenters. The van der Waals surface area contributed by atoms with Crippen LogP contribution in [0.3, 0.4) is 0 Å². The molecule has 7 nitrogen and oxygen atoms in total. The molecule has 1 aromatic carbocycles. The Hall–Kier alpha value is -2.09. The van der Waals surface area contributed by atoms with Crippen molar-refractivity contribution in [2.24, 2.45) is 0 Å². The van der Waals surface area contributed by atoms with Gasteiger partial charge in [-0.2, -0.15) is 0 Å². The number of hydrogen-bond donors (Lipinski definition) is 2. The molecule has 0 saturated carbocycles. The molecule has 22 heavy (non-hydrogen) atoms. The third kappa shape index (κ3) is 6.57. The molecule has 120 valence electrons. The molecule has 0 aromatic heterocycles. The largest absolute Gasteiger partial charge is 0.483 e. The lowest BCUT2D eigenvalue weighted by molar-refractivity contribution is -0.142. The number of nitrogens with one attached hydrogen (secondary N) is 2. The van der Waals surface area contributed by atoms with E-state index in [0.29, 0.717) is 5.75 Å². The third-order valence-electron chi connectivity index (χ3n) is 2.57. The smallest absolute Gasteiger partial charge is 0.306 e. The van der Waals surface area contributed by atoms with E-state index >= 15 is 0 Å². The quantitative estimate of drug-likeness (QED) is 0.578. The fraction of sp³-hybridized carbons (Fsp3) is 0.357. The monoisotopic (exact) mass is 372 g/mol. The first-order valence-corrected chi connectivity index (χ1v) is 7.25. The molecule has 0 aliphatic heterocycles. The van der Waals surface area contributed by atoms with Crippen molar-refractivity contribution >= 4 is 33.7 Å². The number of halogens is 1. The Morgan fingerprint density at radius 3 is 2.45 bits per heavy atom. The van der Waals surface area contributed by atoms with Crippen LogP contribution in [0.25, 0.3) is 0 Å². The fourth-order valence-corrected chi connectivity index (χ4v) is 2.03. The van der Waals surface area contributed by atoms with Gasteiger partial charge in [-0.3, -0.25) is 25.2 Å². The summed E-state index contributed by atoms with van der Waals surface area (Å²) in [4.78, 5) is 33.7. The van der Waals surface area contributed by atoms with Gasteiger partial charge < -0.3 is 9.47 Å². The average Bonchev–Trinajstić information content (AvgIpc) is 2.49. The van der Waals surface area contributed by atoms with Crippen molar-refractivity contribution in [2.75, 3.05) is 13.7 Å². The Morgan fingerprint density at radius 2 is 1.82 bits per heavy atom. The van der Waals surface area contributed by atoms with Crippen LogP contribution in [0.2, 0.25) is 0 Å². The average molecular weight is 373 g/mol. The number of ether oxygens (including phenoxy) is 2. The van der Waals surface area contributed by atoms with E-state index in [2.05, 4.69) is 31.5 Å². The lowest BCUT2D eigenvalue weighted by Gasteiger charge is -2.10. The molecule has 0 aliphatic rings. The van der Waals surface area contributed by atoms with Crippen molar-refractivity contribution in [2.45, 2.75) is 19.8 Å². The van der Waals surface area contributed by atoms with E-state index < -0.39 is 17.8 Å². The number of hydrogen-bond acceptors (Lipinski definition) is 5. The highest BCUT2D eigenvalue weighted by Crippen LogP contribution is 2.25.